The minimum atomic E-state index is -0.302. The van der Waals surface area contributed by atoms with Crippen LogP contribution in [0.3, 0.4) is 0 Å². The van der Waals surface area contributed by atoms with Gasteiger partial charge < -0.3 is 4.90 Å². The van der Waals surface area contributed by atoms with Crippen molar-refractivity contribution in [2.45, 2.75) is 12.3 Å². The van der Waals surface area contributed by atoms with Crippen LogP contribution in [0.15, 0.2) is 291 Å². The molecule has 1 heteroatoms. The number of nitrogens with zero attached hydrogens (tertiary/aromatic N) is 1. The van der Waals surface area contributed by atoms with Crippen LogP contribution in [-0.2, 0) is 5.41 Å². The zero-order chi connectivity index (χ0) is 49.9. The fourth-order valence-corrected chi connectivity index (χ4v) is 12.3. The average Bonchev–Trinajstić information content (AvgIpc) is 3.75. The van der Waals surface area contributed by atoms with Crippen molar-refractivity contribution < 1.29 is 0 Å². The molecule has 13 aromatic rings. The molecular weight excluding hydrogens is 903 g/mol. The van der Waals surface area contributed by atoms with E-state index >= 15 is 0 Å². The van der Waals surface area contributed by atoms with E-state index < -0.39 is 0 Å². The minimum Gasteiger partial charge on any atom is -0.310 e. The van der Waals surface area contributed by atoms with Crippen molar-refractivity contribution >= 4 is 49.4 Å². The Labute approximate surface area is 438 Å². The summed E-state index contributed by atoms with van der Waals surface area (Å²) in [5.74, 6) is 0. The van der Waals surface area contributed by atoms with Crippen LogP contribution in [0.5, 0.6) is 0 Å². The molecule has 1 aliphatic carbocycles. The summed E-state index contributed by atoms with van der Waals surface area (Å²) in [4.78, 5) is 2.47. The van der Waals surface area contributed by atoms with Crippen molar-refractivity contribution in [2.75, 3.05) is 4.90 Å². The van der Waals surface area contributed by atoms with Crippen molar-refractivity contribution in [2.24, 2.45) is 0 Å². The zero-order valence-electron chi connectivity index (χ0n) is 41.7. The summed E-state index contributed by atoms with van der Waals surface area (Å²) in [7, 11) is 0. The van der Waals surface area contributed by atoms with Gasteiger partial charge in [0.15, 0.2) is 0 Å². The smallest absolute Gasteiger partial charge is 0.0540 e. The van der Waals surface area contributed by atoms with Gasteiger partial charge in [0, 0.05) is 22.4 Å². The number of para-hydroxylation sites is 1. The van der Waals surface area contributed by atoms with Gasteiger partial charge in [0.25, 0.3) is 0 Å². The average molecular weight is 954 g/mol. The standard InChI is InChI=1S/C74H51N/c1-74(57-26-9-4-10-27-57)69-34-17-15-31-65(69)67-49-59(45-47-70(67)74)75(58-43-40-51(41-44-58)50-36-38-53(39-37-50)61-33-19-25-52-20-11-12-28-60(52)61)71-35-18-16-29-62(71)56-42-46-64-63-30-13-14-32-66(63)72(54-21-5-2-6-22-54)73(68(64)48-56)55-23-7-3-8-24-55/h2-49H,1H3. The molecule has 1 atom stereocenters. The Morgan fingerprint density at radius 3 is 1.49 bits per heavy atom. The van der Waals surface area contributed by atoms with E-state index in [0.29, 0.717) is 0 Å². The zero-order valence-corrected chi connectivity index (χ0v) is 41.7. The largest absolute Gasteiger partial charge is 0.310 e. The number of fused-ring (bicyclic) bond motifs is 7. The van der Waals surface area contributed by atoms with E-state index in [0.717, 1.165) is 28.2 Å². The number of rotatable bonds is 9. The molecule has 13 aromatic carbocycles. The summed E-state index contributed by atoms with van der Waals surface area (Å²) < 4.78 is 0. The Morgan fingerprint density at radius 1 is 0.267 bits per heavy atom. The van der Waals surface area contributed by atoms with E-state index in [4.69, 9.17) is 0 Å². The molecule has 1 unspecified atom stereocenters. The third-order valence-electron chi connectivity index (χ3n) is 16.0. The second-order valence-electron chi connectivity index (χ2n) is 20.1. The molecule has 14 rings (SSSR count). The maximum Gasteiger partial charge on any atom is 0.0540 e. The van der Waals surface area contributed by atoms with E-state index in [9.17, 15) is 0 Å². The Bertz CT molecular complexity index is 4270. The number of hydrogen-bond donors (Lipinski definition) is 0. The molecular formula is C74H51N. The molecule has 0 saturated carbocycles. The Balaban J connectivity index is 0.949. The molecule has 0 aromatic heterocycles. The van der Waals surface area contributed by atoms with Gasteiger partial charge in [0.2, 0.25) is 0 Å². The molecule has 75 heavy (non-hydrogen) atoms. The minimum absolute atomic E-state index is 0.302. The molecule has 0 saturated heterocycles. The molecule has 0 amide bonds. The molecule has 1 aliphatic rings. The van der Waals surface area contributed by atoms with Crippen LogP contribution in [0.2, 0.25) is 0 Å². The number of benzene rings is 13. The maximum atomic E-state index is 2.47. The van der Waals surface area contributed by atoms with Gasteiger partial charge in [-0.3, -0.25) is 0 Å². The van der Waals surface area contributed by atoms with Gasteiger partial charge >= 0.3 is 0 Å². The first kappa shape index (κ1) is 44.2. The van der Waals surface area contributed by atoms with Crippen molar-refractivity contribution in [1.29, 1.82) is 0 Å². The fourth-order valence-electron chi connectivity index (χ4n) is 12.3. The predicted molar refractivity (Wildman–Crippen MR) is 318 cm³/mol. The van der Waals surface area contributed by atoms with Crippen molar-refractivity contribution in [3.63, 3.8) is 0 Å². The first-order valence-electron chi connectivity index (χ1n) is 26.1. The SMILES string of the molecule is CC1(c2ccccc2)c2ccccc2-c2cc(N(c3ccc(-c4ccc(-c5cccc6ccccc56)cc4)cc3)c3ccccc3-c3ccc4c(c3)c(-c3ccccc3)c(-c3ccccc3)c3ccccc34)ccc21. The van der Waals surface area contributed by atoms with Gasteiger partial charge in [0.05, 0.1) is 5.69 Å². The van der Waals surface area contributed by atoms with Crippen LogP contribution >= 0.6 is 0 Å². The van der Waals surface area contributed by atoms with Gasteiger partial charge in [-0.25, -0.2) is 0 Å². The Hall–Kier alpha value is -9.56. The summed E-state index contributed by atoms with van der Waals surface area (Å²) in [6, 6.07) is 107. The van der Waals surface area contributed by atoms with E-state index in [1.165, 1.54) is 105 Å². The van der Waals surface area contributed by atoms with Crippen LogP contribution in [0.25, 0.3) is 99.1 Å². The molecule has 0 bridgehead atoms. The maximum absolute atomic E-state index is 2.47. The predicted octanol–water partition coefficient (Wildman–Crippen LogP) is 20.3. The van der Waals surface area contributed by atoms with Gasteiger partial charge in [-0.15, -0.1) is 0 Å². The van der Waals surface area contributed by atoms with E-state index in [2.05, 4.69) is 303 Å². The fraction of sp³-hybridized carbons (Fsp3) is 0.0270. The highest BCUT2D eigenvalue weighted by molar-refractivity contribution is 6.22. The lowest BCUT2D eigenvalue weighted by atomic mass is 9.74. The van der Waals surface area contributed by atoms with Gasteiger partial charge in [-0.05, 0) is 154 Å². The quantitative estimate of drug-likeness (QED) is 0.130. The first-order chi connectivity index (χ1) is 37.1. The molecule has 0 N–H and O–H groups in total. The molecule has 0 radical (unpaired) electrons. The second-order valence-corrected chi connectivity index (χ2v) is 20.1. The van der Waals surface area contributed by atoms with Crippen molar-refractivity contribution in [3.8, 4) is 66.8 Å². The van der Waals surface area contributed by atoms with E-state index in [-0.39, 0.29) is 5.41 Å². The summed E-state index contributed by atoms with van der Waals surface area (Å²) in [6.45, 7) is 2.39. The number of anilines is 3. The van der Waals surface area contributed by atoms with Crippen LogP contribution in [0.1, 0.15) is 23.6 Å². The summed E-state index contributed by atoms with van der Waals surface area (Å²) in [5, 5.41) is 7.48. The van der Waals surface area contributed by atoms with Crippen molar-refractivity contribution in [1.82, 2.24) is 0 Å². The Morgan fingerprint density at radius 2 is 0.760 bits per heavy atom. The lowest BCUT2D eigenvalue weighted by Gasteiger charge is -2.30. The second kappa shape index (κ2) is 18.2. The third-order valence-corrected chi connectivity index (χ3v) is 16.0. The van der Waals surface area contributed by atoms with Gasteiger partial charge in [-0.2, -0.15) is 0 Å². The lowest BCUT2D eigenvalue weighted by Crippen LogP contribution is -2.22. The monoisotopic (exact) mass is 953 g/mol. The van der Waals surface area contributed by atoms with E-state index in [1.54, 1.807) is 0 Å². The molecule has 0 heterocycles. The third kappa shape index (κ3) is 7.39. The molecule has 0 aliphatic heterocycles. The highest BCUT2D eigenvalue weighted by Crippen LogP contribution is 2.55. The molecule has 0 fully saturated rings. The molecule has 0 spiro atoms. The highest BCUT2D eigenvalue weighted by atomic mass is 15.1. The van der Waals surface area contributed by atoms with Gasteiger partial charge in [0.1, 0.15) is 0 Å². The van der Waals surface area contributed by atoms with Crippen LogP contribution < -0.4 is 4.90 Å². The van der Waals surface area contributed by atoms with E-state index in [1.807, 2.05) is 0 Å². The summed E-state index contributed by atoms with van der Waals surface area (Å²) in [6.07, 6.45) is 0. The number of hydrogen-bond acceptors (Lipinski definition) is 1. The van der Waals surface area contributed by atoms with Gasteiger partial charge in [-0.1, -0.05) is 255 Å². The van der Waals surface area contributed by atoms with Crippen molar-refractivity contribution in [3.05, 3.63) is 308 Å². The highest BCUT2D eigenvalue weighted by Gasteiger charge is 2.41. The first-order valence-corrected chi connectivity index (χ1v) is 26.1. The van der Waals surface area contributed by atoms with Crippen LogP contribution in [0.4, 0.5) is 17.1 Å². The molecule has 352 valence electrons. The summed E-state index contributed by atoms with van der Waals surface area (Å²) in [5.41, 5.74) is 21.5. The van der Waals surface area contributed by atoms with Crippen LogP contribution in [0, 0.1) is 0 Å². The normalized spacial score (nSPS) is 13.7. The lowest BCUT2D eigenvalue weighted by molar-refractivity contribution is 0.714. The van der Waals surface area contributed by atoms with Crippen LogP contribution in [-0.4, -0.2) is 0 Å². The summed E-state index contributed by atoms with van der Waals surface area (Å²) >= 11 is 0. The molecule has 1 nitrogen and oxygen atoms in total. The topological polar surface area (TPSA) is 3.24 Å². The Kier molecular flexibility index (Phi) is 10.7.